The molecule has 0 aliphatic carbocycles. The second kappa shape index (κ2) is 7.85. The first-order valence-electron chi connectivity index (χ1n) is 8.32. The fourth-order valence-corrected chi connectivity index (χ4v) is 2.74. The van der Waals surface area contributed by atoms with Gasteiger partial charge in [-0.15, -0.1) is 0 Å². The number of amides is 1. The van der Waals surface area contributed by atoms with Crippen LogP contribution in [0.1, 0.15) is 21.5 Å². The maximum absolute atomic E-state index is 14.0. The molecule has 0 unspecified atom stereocenters. The zero-order valence-corrected chi connectivity index (χ0v) is 15.1. The van der Waals surface area contributed by atoms with Gasteiger partial charge in [-0.3, -0.25) is 19.5 Å². The molecular weight excluding hydrogens is 435 g/mol. The highest BCUT2D eigenvalue weighted by Crippen LogP contribution is 2.38. The van der Waals surface area contributed by atoms with E-state index in [-0.39, 0.29) is 11.6 Å². The summed E-state index contributed by atoms with van der Waals surface area (Å²) in [5.41, 5.74) is -3.52. The van der Waals surface area contributed by atoms with E-state index in [1.54, 1.807) is 0 Å². The van der Waals surface area contributed by atoms with Crippen LogP contribution in [0.15, 0.2) is 54.9 Å². The highest BCUT2D eigenvalue weighted by Gasteiger charge is 2.41. The van der Waals surface area contributed by atoms with Crippen molar-refractivity contribution in [2.75, 3.05) is 5.32 Å². The van der Waals surface area contributed by atoms with Gasteiger partial charge in [-0.05, 0) is 12.1 Å². The van der Waals surface area contributed by atoms with Crippen LogP contribution in [0, 0.1) is 5.82 Å². The summed E-state index contributed by atoms with van der Waals surface area (Å²) in [6, 6.07) is 7.52. The van der Waals surface area contributed by atoms with Gasteiger partial charge in [0.25, 0.3) is 0 Å². The van der Waals surface area contributed by atoms with Crippen molar-refractivity contribution in [3.05, 3.63) is 77.4 Å². The van der Waals surface area contributed by atoms with Gasteiger partial charge in [0, 0.05) is 18.0 Å². The highest BCUT2D eigenvalue weighted by atomic mass is 19.4. The molecule has 1 heterocycles. The Morgan fingerprint density at radius 2 is 1.61 bits per heavy atom. The summed E-state index contributed by atoms with van der Waals surface area (Å²) in [4.78, 5) is 27.5. The lowest BCUT2D eigenvalue weighted by Gasteiger charge is -2.19. The minimum Gasteiger partial charge on any atom is -0.289 e. The first-order valence-corrected chi connectivity index (χ1v) is 8.32. The van der Waals surface area contributed by atoms with Crippen molar-refractivity contribution in [2.24, 2.45) is 0 Å². The molecule has 31 heavy (non-hydrogen) atoms. The molecule has 0 aliphatic rings. The van der Waals surface area contributed by atoms with E-state index in [1.165, 1.54) is 35.6 Å². The van der Waals surface area contributed by atoms with Gasteiger partial charge in [-0.25, -0.2) is 9.37 Å². The molecule has 0 spiro atoms. The van der Waals surface area contributed by atoms with Gasteiger partial charge < -0.3 is 0 Å². The summed E-state index contributed by atoms with van der Waals surface area (Å²) < 4.78 is 93.2. The third-order valence-corrected chi connectivity index (χ3v) is 4.03. The third-order valence-electron chi connectivity index (χ3n) is 4.03. The number of nitrogens with zero attached hydrogens (tertiary/aromatic N) is 2. The van der Waals surface area contributed by atoms with Crippen molar-refractivity contribution in [2.45, 2.75) is 12.4 Å². The van der Waals surface area contributed by atoms with E-state index in [9.17, 15) is 40.3 Å². The number of nitrogens with one attached hydrogen (secondary N) is 1. The Kier molecular flexibility index (Phi) is 5.57. The van der Waals surface area contributed by atoms with E-state index < -0.39 is 52.6 Å². The molecule has 1 aromatic heterocycles. The summed E-state index contributed by atoms with van der Waals surface area (Å²) in [6.07, 6.45) is -8.93. The Bertz CT molecular complexity index is 1140. The normalized spacial score (nSPS) is 12.0. The van der Waals surface area contributed by atoms with Crippen LogP contribution >= 0.6 is 0 Å². The molecule has 0 atom stereocenters. The van der Waals surface area contributed by atoms with Crippen LogP contribution in [0.4, 0.5) is 36.7 Å². The number of benzene rings is 2. The van der Waals surface area contributed by atoms with Crippen LogP contribution in [0.25, 0.3) is 5.69 Å². The lowest BCUT2D eigenvalue weighted by molar-refractivity contribution is -0.167. The second-order valence-electron chi connectivity index (χ2n) is 6.12. The largest absolute Gasteiger partial charge is 0.471 e. The number of carbonyl (C=O) groups excluding carboxylic acids is 2. The van der Waals surface area contributed by atoms with Gasteiger partial charge in [-0.1, -0.05) is 30.3 Å². The van der Waals surface area contributed by atoms with Gasteiger partial charge in [0.1, 0.15) is 5.82 Å². The fourth-order valence-electron chi connectivity index (χ4n) is 2.74. The van der Waals surface area contributed by atoms with Crippen molar-refractivity contribution < 1.29 is 40.3 Å². The Labute approximate surface area is 169 Å². The average Bonchev–Trinajstić information content (AvgIpc) is 3.13. The number of halogens is 7. The number of hydrogen-bond donors (Lipinski definition) is 1. The molecule has 3 aromatic rings. The minimum atomic E-state index is -5.35. The van der Waals surface area contributed by atoms with E-state index in [0.717, 1.165) is 12.4 Å². The molecule has 3 rings (SSSR count). The zero-order valence-electron chi connectivity index (χ0n) is 15.1. The van der Waals surface area contributed by atoms with Gasteiger partial charge in [0.15, 0.2) is 5.78 Å². The number of rotatable bonds is 4. The number of aromatic nitrogens is 2. The average molecular weight is 445 g/mol. The third kappa shape index (κ3) is 4.57. The maximum Gasteiger partial charge on any atom is 0.471 e. The Balaban J connectivity index is 2.26. The monoisotopic (exact) mass is 445 g/mol. The van der Waals surface area contributed by atoms with E-state index in [0.29, 0.717) is 10.6 Å². The lowest BCUT2D eigenvalue weighted by atomic mass is 9.97. The smallest absolute Gasteiger partial charge is 0.289 e. The molecule has 2 aromatic carbocycles. The standard InChI is InChI=1S/C19H10F7N3O2/c20-11-8-12(15(30)10-4-2-1-3-5-10)14(13(9-11)18(21,22)23)29-7-6-27-17(29)28-16(31)19(24,25)26/h1-9H,(H,27,28,31). The summed E-state index contributed by atoms with van der Waals surface area (Å²) in [5.74, 6) is -5.85. The van der Waals surface area contributed by atoms with Gasteiger partial charge in [0.2, 0.25) is 5.95 Å². The number of ketones is 1. The fraction of sp³-hybridized carbons (Fsp3) is 0.105. The van der Waals surface area contributed by atoms with Crippen molar-refractivity contribution in [1.82, 2.24) is 9.55 Å². The predicted molar refractivity (Wildman–Crippen MR) is 93.1 cm³/mol. The van der Waals surface area contributed by atoms with Crippen molar-refractivity contribution in [3.63, 3.8) is 0 Å². The predicted octanol–water partition coefficient (Wildman–Crippen LogP) is 4.76. The minimum absolute atomic E-state index is 0.0897. The Morgan fingerprint density at radius 3 is 2.19 bits per heavy atom. The molecule has 0 radical (unpaired) electrons. The zero-order chi connectivity index (χ0) is 23.0. The van der Waals surface area contributed by atoms with Gasteiger partial charge >= 0.3 is 18.3 Å². The number of carbonyl (C=O) groups is 2. The van der Waals surface area contributed by atoms with Gasteiger partial charge in [0.05, 0.1) is 16.8 Å². The molecular formula is C19H10F7N3O2. The lowest BCUT2D eigenvalue weighted by Crippen LogP contribution is -2.31. The number of anilines is 1. The van der Waals surface area contributed by atoms with Crippen molar-refractivity contribution >= 4 is 17.6 Å². The Hall–Kier alpha value is -3.70. The van der Waals surface area contributed by atoms with E-state index >= 15 is 0 Å². The molecule has 0 saturated carbocycles. The first-order chi connectivity index (χ1) is 14.4. The number of alkyl halides is 6. The van der Waals surface area contributed by atoms with Crippen LogP contribution in [-0.2, 0) is 11.0 Å². The second-order valence-corrected chi connectivity index (χ2v) is 6.12. The van der Waals surface area contributed by atoms with E-state index in [4.69, 9.17) is 0 Å². The molecule has 12 heteroatoms. The summed E-state index contributed by atoms with van der Waals surface area (Å²) in [5, 5.41) is 1.34. The summed E-state index contributed by atoms with van der Waals surface area (Å²) in [6.45, 7) is 0. The number of imidazole rings is 1. The summed E-state index contributed by atoms with van der Waals surface area (Å²) in [7, 11) is 0. The molecule has 162 valence electrons. The molecule has 1 amide bonds. The van der Waals surface area contributed by atoms with Crippen molar-refractivity contribution in [1.29, 1.82) is 0 Å². The molecule has 0 fully saturated rings. The maximum atomic E-state index is 14.0. The quantitative estimate of drug-likeness (QED) is 0.465. The Morgan fingerprint density at radius 1 is 0.968 bits per heavy atom. The molecule has 1 N–H and O–H groups in total. The van der Waals surface area contributed by atoms with Crippen LogP contribution in [-0.4, -0.2) is 27.4 Å². The van der Waals surface area contributed by atoms with Crippen LogP contribution in [0.2, 0.25) is 0 Å². The topological polar surface area (TPSA) is 64.0 Å². The number of hydrogen-bond acceptors (Lipinski definition) is 3. The van der Waals surface area contributed by atoms with Crippen LogP contribution in [0.3, 0.4) is 0 Å². The van der Waals surface area contributed by atoms with E-state index in [2.05, 4.69) is 4.98 Å². The molecule has 0 saturated heterocycles. The molecule has 0 aliphatic heterocycles. The molecule has 5 nitrogen and oxygen atoms in total. The van der Waals surface area contributed by atoms with Crippen molar-refractivity contribution in [3.8, 4) is 5.69 Å². The van der Waals surface area contributed by atoms with E-state index in [1.807, 2.05) is 0 Å². The summed E-state index contributed by atoms with van der Waals surface area (Å²) >= 11 is 0. The first kappa shape index (κ1) is 22.0. The SMILES string of the molecule is O=C(c1ccccc1)c1cc(F)cc(C(F)(F)F)c1-n1ccnc1NC(=O)C(F)(F)F. The van der Waals surface area contributed by atoms with Crippen LogP contribution in [0.5, 0.6) is 0 Å². The van der Waals surface area contributed by atoms with Crippen LogP contribution < -0.4 is 5.32 Å². The van der Waals surface area contributed by atoms with Gasteiger partial charge in [-0.2, -0.15) is 26.3 Å². The molecule has 0 bridgehead atoms. The highest BCUT2D eigenvalue weighted by molar-refractivity contribution is 6.11.